The van der Waals surface area contributed by atoms with Crippen LogP contribution < -0.4 is 16.0 Å². The van der Waals surface area contributed by atoms with E-state index in [0.717, 1.165) is 40.0 Å². The molecule has 47 heavy (non-hydrogen) atoms. The van der Waals surface area contributed by atoms with E-state index in [2.05, 4.69) is 25.9 Å². The van der Waals surface area contributed by atoms with E-state index in [1.807, 2.05) is 84.9 Å². The maximum Gasteiger partial charge on any atom is 0.407 e. The predicted molar refractivity (Wildman–Crippen MR) is 184 cm³/mol. The molecule has 0 radical (unpaired) electrons. The van der Waals surface area contributed by atoms with Crippen LogP contribution in [-0.4, -0.2) is 54.4 Å². The average molecular weight is 673 g/mol. The molecule has 3 atom stereocenters. The van der Waals surface area contributed by atoms with Gasteiger partial charge in [0.1, 0.15) is 11.9 Å². The molecule has 242 valence electrons. The predicted octanol–water partition coefficient (Wildman–Crippen LogP) is 7.03. The number of hydrogen-bond donors (Lipinski definition) is 4. The molecule has 9 nitrogen and oxygen atoms in total. The second-order valence-corrected chi connectivity index (χ2v) is 12.2. The molecule has 0 spiro atoms. The molecule has 1 saturated heterocycles. The minimum absolute atomic E-state index is 0.0300. The van der Waals surface area contributed by atoms with Crippen molar-refractivity contribution in [3.05, 3.63) is 130 Å². The summed E-state index contributed by atoms with van der Waals surface area (Å²) in [7, 11) is 1.28. The minimum Gasteiger partial charge on any atom is -0.453 e. The molecule has 4 aromatic carbocycles. The number of H-pyrrole nitrogens is 1. The number of carbonyl (C=O) groups is 2. The third-order valence-corrected chi connectivity index (χ3v) is 9.09. The van der Waals surface area contributed by atoms with Crippen molar-refractivity contribution < 1.29 is 19.1 Å². The maximum absolute atomic E-state index is 14.0. The molecule has 1 aliphatic rings. The number of imidazole rings is 1. The smallest absolute Gasteiger partial charge is 0.407 e. The number of aromatic amines is 1. The number of rotatable bonds is 10. The van der Waals surface area contributed by atoms with Crippen LogP contribution in [0.2, 0.25) is 10.0 Å². The van der Waals surface area contributed by atoms with Gasteiger partial charge >= 0.3 is 6.09 Å². The third kappa shape index (κ3) is 7.77. The largest absolute Gasteiger partial charge is 0.453 e. The van der Waals surface area contributed by atoms with Crippen LogP contribution in [0.15, 0.2) is 97.1 Å². The van der Waals surface area contributed by atoms with Gasteiger partial charge in [0, 0.05) is 18.2 Å². The summed E-state index contributed by atoms with van der Waals surface area (Å²) in [6.45, 7) is 1.09. The monoisotopic (exact) mass is 671 g/mol. The Bertz CT molecular complexity index is 1750. The normalized spacial score (nSPS) is 16.9. The highest BCUT2D eigenvalue weighted by molar-refractivity contribution is 6.42. The van der Waals surface area contributed by atoms with Gasteiger partial charge in [0.15, 0.2) is 0 Å². The van der Waals surface area contributed by atoms with Crippen molar-refractivity contribution in [1.82, 2.24) is 20.6 Å². The number of nitrogens with one attached hydrogen (secondary N) is 4. The first-order valence-electron chi connectivity index (χ1n) is 15.4. The van der Waals surface area contributed by atoms with Gasteiger partial charge in [0.2, 0.25) is 5.91 Å². The summed E-state index contributed by atoms with van der Waals surface area (Å²) < 4.78 is 11.2. The third-order valence-electron chi connectivity index (χ3n) is 8.37. The maximum atomic E-state index is 14.0. The van der Waals surface area contributed by atoms with Gasteiger partial charge in [0.25, 0.3) is 0 Å². The number of aromatic nitrogens is 2. The van der Waals surface area contributed by atoms with E-state index in [0.29, 0.717) is 35.3 Å². The summed E-state index contributed by atoms with van der Waals surface area (Å²) >= 11 is 12.3. The van der Waals surface area contributed by atoms with Crippen LogP contribution in [0, 0.1) is 0 Å². The number of alkyl carbamates (subject to hydrolysis) is 1. The number of aryl methyl sites for hydroxylation is 1. The number of nitrogens with zero attached hydrogens (tertiary/aromatic N) is 1. The van der Waals surface area contributed by atoms with Gasteiger partial charge in [-0.1, -0.05) is 102 Å². The highest BCUT2D eigenvalue weighted by Gasteiger charge is 2.33. The van der Waals surface area contributed by atoms with E-state index in [9.17, 15) is 9.59 Å². The number of carbonyl (C=O) groups excluding carboxylic acids is 2. The zero-order chi connectivity index (χ0) is 32.8. The topological polar surface area (TPSA) is 117 Å². The van der Waals surface area contributed by atoms with Crippen molar-refractivity contribution in [2.75, 3.05) is 25.6 Å². The second kappa shape index (κ2) is 15.0. The number of para-hydroxylation sites is 1. The van der Waals surface area contributed by atoms with Crippen molar-refractivity contribution in [3.63, 3.8) is 0 Å². The van der Waals surface area contributed by atoms with Crippen molar-refractivity contribution in [2.24, 2.45) is 0 Å². The SMILES string of the molecule is COC(=O)NC(C(=O)Nc1ccccc1CC[C@@H]1CN[C@H](c2nc3cc(Cl)c(Cl)cc3[nH]2)CO1)C(c1ccccc1)c1ccccc1. The number of benzene rings is 4. The summed E-state index contributed by atoms with van der Waals surface area (Å²) in [4.78, 5) is 34.6. The molecular formula is C36H35Cl2N5O4. The Morgan fingerprint density at radius 2 is 1.62 bits per heavy atom. The Labute approximate surface area is 283 Å². The Morgan fingerprint density at radius 1 is 0.957 bits per heavy atom. The molecule has 4 N–H and O–H groups in total. The minimum atomic E-state index is -0.951. The van der Waals surface area contributed by atoms with Crippen LogP contribution in [0.25, 0.3) is 11.0 Å². The fourth-order valence-corrected chi connectivity index (χ4v) is 6.27. The highest BCUT2D eigenvalue weighted by Crippen LogP contribution is 2.31. The summed E-state index contributed by atoms with van der Waals surface area (Å²) in [6.07, 6.45) is 0.687. The Balaban J connectivity index is 1.13. The van der Waals surface area contributed by atoms with Crippen LogP contribution in [0.1, 0.15) is 40.9 Å². The number of anilines is 1. The van der Waals surface area contributed by atoms with E-state index in [1.165, 1.54) is 7.11 Å². The summed E-state index contributed by atoms with van der Waals surface area (Å²) in [5.41, 5.74) is 4.98. The number of morpholine rings is 1. The lowest BCUT2D eigenvalue weighted by Gasteiger charge is -2.30. The first-order chi connectivity index (χ1) is 22.9. The summed E-state index contributed by atoms with van der Waals surface area (Å²) in [5, 5.41) is 10.4. The number of fused-ring (bicyclic) bond motifs is 1. The van der Waals surface area contributed by atoms with E-state index in [1.54, 1.807) is 12.1 Å². The number of hydrogen-bond acceptors (Lipinski definition) is 6. The molecule has 11 heteroatoms. The molecular weight excluding hydrogens is 637 g/mol. The quantitative estimate of drug-likeness (QED) is 0.127. The molecule has 1 unspecified atom stereocenters. The van der Waals surface area contributed by atoms with Crippen LogP contribution in [0.5, 0.6) is 0 Å². The highest BCUT2D eigenvalue weighted by atomic mass is 35.5. The van der Waals surface area contributed by atoms with Gasteiger partial charge in [-0.25, -0.2) is 9.78 Å². The molecule has 0 saturated carbocycles. The van der Waals surface area contributed by atoms with Crippen LogP contribution in [-0.2, 0) is 20.7 Å². The Hall–Kier alpha value is -4.41. The lowest BCUT2D eigenvalue weighted by Crippen LogP contribution is -2.48. The summed E-state index contributed by atoms with van der Waals surface area (Å²) in [5.74, 6) is -0.0456. The van der Waals surface area contributed by atoms with E-state index in [-0.39, 0.29) is 18.1 Å². The molecule has 5 aromatic rings. The molecule has 0 bridgehead atoms. The number of halogens is 2. The van der Waals surface area contributed by atoms with Crippen LogP contribution >= 0.6 is 23.2 Å². The molecule has 2 amide bonds. The first-order valence-corrected chi connectivity index (χ1v) is 16.2. The Kier molecular flexibility index (Phi) is 10.4. The number of ether oxygens (including phenoxy) is 2. The Morgan fingerprint density at radius 3 is 2.28 bits per heavy atom. The second-order valence-electron chi connectivity index (χ2n) is 11.4. The molecule has 1 aromatic heterocycles. The fourth-order valence-electron chi connectivity index (χ4n) is 5.95. The average Bonchev–Trinajstić information content (AvgIpc) is 3.51. The van der Waals surface area contributed by atoms with Gasteiger partial charge in [-0.05, 0) is 47.7 Å². The summed E-state index contributed by atoms with van der Waals surface area (Å²) in [6, 6.07) is 29.5. The van der Waals surface area contributed by atoms with Crippen molar-refractivity contribution in [3.8, 4) is 0 Å². The van der Waals surface area contributed by atoms with Gasteiger partial charge in [-0.15, -0.1) is 0 Å². The van der Waals surface area contributed by atoms with Gasteiger partial charge < -0.3 is 30.4 Å². The lowest BCUT2D eigenvalue weighted by atomic mass is 9.84. The van der Waals surface area contributed by atoms with E-state index < -0.39 is 18.1 Å². The molecule has 1 aliphatic heterocycles. The molecule has 2 heterocycles. The van der Waals surface area contributed by atoms with Crippen LogP contribution in [0.3, 0.4) is 0 Å². The standard InChI is InChI=1S/C36H35Cl2N5O4/c1-46-36(45)43-33(32(23-11-4-2-5-12-23)24-13-6-3-7-14-24)35(44)42-28-15-9-8-10-22(28)16-17-25-20-39-31(21-47-25)34-40-29-18-26(37)27(38)19-30(29)41-34/h2-15,18-19,25,31-33,39H,16-17,20-21H2,1H3,(H,40,41)(H,42,44)(H,43,45)/t25-,31+,33?/m1/s1. The van der Waals surface area contributed by atoms with Crippen molar-refractivity contribution in [2.45, 2.75) is 36.9 Å². The van der Waals surface area contributed by atoms with E-state index in [4.69, 9.17) is 32.7 Å². The van der Waals surface area contributed by atoms with Gasteiger partial charge in [-0.3, -0.25) is 4.79 Å². The molecule has 1 fully saturated rings. The zero-order valence-corrected chi connectivity index (χ0v) is 27.2. The number of methoxy groups -OCH3 is 1. The van der Waals surface area contributed by atoms with Gasteiger partial charge in [0.05, 0.1) is 46.9 Å². The number of amides is 2. The fraction of sp³-hybridized carbons (Fsp3) is 0.250. The van der Waals surface area contributed by atoms with E-state index >= 15 is 0 Å². The first kappa shape index (κ1) is 32.5. The van der Waals surface area contributed by atoms with Crippen LogP contribution in [0.4, 0.5) is 10.5 Å². The molecule has 0 aliphatic carbocycles. The van der Waals surface area contributed by atoms with Crippen molar-refractivity contribution in [1.29, 1.82) is 0 Å². The van der Waals surface area contributed by atoms with Crippen molar-refractivity contribution >= 4 is 51.9 Å². The molecule has 6 rings (SSSR count). The van der Waals surface area contributed by atoms with Gasteiger partial charge in [-0.2, -0.15) is 0 Å². The lowest BCUT2D eigenvalue weighted by molar-refractivity contribution is -0.118. The zero-order valence-electron chi connectivity index (χ0n) is 25.7.